The Morgan fingerprint density at radius 2 is 1.74 bits per heavy atom. The monoisotopic (exact) mass is 430 g/mol. The van der Waals surface area contributed by atoms with Crippen molar-refractivity contribution in [3.8, 4) is 6.07 Å². The van der Waals surface area contributed by atoms with Crippen LogP contribution in [0.3, 0.4) is 0 Å². The fourth-order valence-electron chi connectivity index (χ4n) is 3.48. The van der Waals surface area contributed by atoms with Crippen molar-refractivity contribution in [2.45, 2.75) is 12.8 Å². The molecule has 4 aromatic rings. The molecule has 0 aliphatic rings. The first kappa shape index (κ1) is 20.6. The lowest BCUT2D eigenvalue weighted by molar-refractivity contribution is 0.600. The van der Waals surface area contributed by atoms with Crippen LogP contribution in [-0.4, -0.2) is 23.7 Å². The number of fused-ring (bicyclic) bond motifs is 1. The molecule has 7 heteroatoms. The summed E-state index contributed by atoms with van der Waals surface area (Å²) in [5.74, 6) is 0.880. The summed E-state index contributed by atoms with van der Waals surface area (Å²) in [4.78, 5) is 4.70. The maximum absolute atomic E-state index is 12.5. The molecule has 0 amide bonds. The van der Waals surface area contributed by atoms with E-state index >= 15 is 0 Å². The molecule has 0 radical (unpaired) electrons. The van der Waals surface area contributed by atoms with Gasteiger partial charge in [-0.2, -0.15) is 5.26 Å². The molecular weight excluding hydrogens is 408 g/mol. The van der Waals surface area contributed by atoms with Crippen LogP contribution in [0.15, 0.2) is 72.8 Å². The molecule has 0 spiro atoms. The van der Waals surface area contributed by atoms with E-state index in [1.807, 2.05) is 60.1 Å². The first-order valence-electron chi connectivity index (χ1n) is 9.92. The second-order valence-corrected chi connectivity index (χ2v) is 9.27. The summed E-state index contributed by atoms with van der Waals surface area (Å²) in [6, 6.07) is 24.5. The van der Waals surface area contributed by atoms with Gasteiger partial charge in [0.25, 0.3) is 0 Å². The second-order valence-electron chi connectivity index (χ2n) is 7.43. The van der Waals surface area contributed by atoms with Gasteiger partial charge < -0.3 is 4.57 Å². The number of imidazole rings is 1. The van der Waals surface area contributed by atoms with Crippen LogP contribution in [-0.2, 0) is 29.9 Å². The van der Waals surface area contributed by atoms with Crippen molar-refractivity contribution in [3.05, 3.63) is 95.3 Å². The zero-order chi connectivity index (χ0) is 21.8. The van der Waals surface area contributed by atoms with E-state index < -0.39 is 10.0 Å². The van der Waals surface area contributed by atoms with E-state index in [-0.39, 0.29) is 5.75 Å². The van der Waals surface area contributed by atoms with Gasteiger partial charge in [-0.25, -0.2) is 13.4 Å². The van der Waals surface area contributed by atoms with Gasteiger partial charge in [-0.15, -0.1) is 0 Å². The van der Waals surface area contributed by atoms with Gasteiger partial charge in [-0.3, -0.25) is 4.72 Å². The Balaban J connectivity index is 1.50. The van der Waals surface area contributed by atoms with E-state index in [1.165, 1.54) is 0 Å². The molecule has 0 fully saturated rings. The molecule has 4 rings (SSSR count). The SMILES string of the molecule is Cn1c(Cc2ccc(C#N)cc2)nc2cc(NS(=O)(=O)CCc3ccccc3)ccc21. The highest BCUT2D eigenvalue weighted by molar-refractivity contribution is 7.92. The molecule has 6 nitrogen and oxygen atoms in total. The number of hydrogen-bond acceptors (Lipinski definition) is 4. The summed E-state index contributed by atoms with van der Waals surface area (Å²) < 4.78 is 29.7. The van der Waals surface area contributed by atoms with Crippen LogP contribution in [0.25, 0.3) is 11.0 Å². The van der Waals surface area contributed by atoms with Gasteiger partial charge in [-0.05, 0) is 47.9 Å². The van der Waals surface area contributed by atoms with Crippen LogP contribution < -0.4 is 4.72 Å². The van der Waals surface area contributed by atoms with Crippen LogP contribution in [0.4, 0.5) is 5.69 Å². The maximum Gasteiger partial charge on any atom is 0.233 e. The van der Waals surface area contributed by atoms with Gasteiger partial charge in [0.2, 0.25) is 10.0 Å². The molecule has 0 aliphatic heterocycles. The summed E-state index contributed by atoms with van der Waals surface area (Å²) in [6.45, 7) is 0. The number of aryl methyl sites for hydroxylation is 2. The van der Waals surface area contributed by atoms with Crippen molar-refractivity contribution in [1.29, 1.82) is 5.26 Å². The highest BCUT2D eigenvalue weighted by atomic mass is 32.2. The van der Waals surface area contributed by atoms with E-state index in [2.05, 4.69) is 10.8 Å². The molecule has 1 N–H and O–H groups in total. The topological polar surface area (TPSA) is 87.8 Å². The Labute approximate surface area is 181 Å². The van der Waals surface area contributed by atoms with Crippen molar-refractivity contribution in [3.63, 3.8) is 0 Å². The second kappa shape index (κ2) is 8.62. The van der Waals surface area contributed by atoms with E-state index in [0.717, 1.165) is 28.0 Å². The largest absolute Gasteiger partial charge is 0.331 e. The molecule has 0 bridgehead atoms. The van der Waals surface area contributed by atoms with Crippen molar-refractivity contribution >= 4 is 26.7 Å². The van der Waals surface area contributed by atoms with Gasteiger partial charge in [0.05, 0.1) is 34.1 Å². The first-order chi connectivity index (χ1) is 14.9. The number of nitrogens with one attached hydrogen (secondary N) is 1. The normalized spacial score (nSPS) is 11.4. The van der Waals surface area contributed by atoms with E-state index in [9.17, 15) is 8.42 Å². The number of aromatic nitrogens is 2. The van der Waals surface area contributed by atoms with Crippen LogP contribution >= 0.6 is 0 Å². The predicted molar refractivity (Wildman–Crippen MR) is 122 cm³/mol. The van der Waals surface area contributed by atoms with Gasteiger partial charge in [0.1, 0.15) is 5.82 Å². The predicted octanol–water partition coefficient (Wildman–Crippen LogP) is 4.02. The van der Waals surface area contributed by atoms with Gasteiger partial charge in [0.15, 0.2) is 0 Å². The number of anilines is 1. The number of sulfonamides is 1. The van der Waals surface area contributed by atoms with E-state index in [4.69, 9.17) is 10.2 Å². The van der Waals surface area contributed by atoms with Crippen molar-refractivity contribution in [2.75, 3.05) is 10.5 Å². The Morgan fingerprint density at radius 1 is 1.00 bits per heavy atom. The Morgan fingerprint density at radius 3 is 2.45 bits per heavy atom. The minimum Gasteiger partial charge on any atom is -0.331 e. The van der Waals surface area contributed by atoms with Crippen LogP contribution in [0.2, 0.25) is 0 Å². The Bertz CT molecular complexity index is 1350. The van der Waals surface area contributed by atoms with E-state index in [1.54, 1.807) is 24.3 Å². The van der Waals surface area contributed by atoms with Crippen molar-refractivity contribution in [2.24, 2.45) is 7.05 Å². The van der Waals surface area contributed by atoms with Crippen LogP contribution in [0, 0.1) is 11.3 Å². The quantitative estimate of drug-likeness (QED) is 0.480. The van der Waals surface area contributed by atoms with Gasteiger partial charge in [-0.1, -0.05) is 42.5 Å². The molecule has 0 aliphatic carbocycles. The maximum atomic E-state index is 12.5. The Kier molecular flexibility index (Phi) is 5.74. The van der Waals surface area contributed by atoms with Crippen molar-refractivity contribution in [1.82, 2.24) is 9.55 Å². The number of hydrogen-bond donors (Lipinski definition) is 1. The van der Waals surface area contributed by atoms with Crippen LogP contribution in [0.1, 0.15) is 22.5 Å². The standard InChI is InChI=1S/C24H22N4O2S/c1-28-23-12-11-21(27-31(29,30)14-13-18-5-3-2-4-6-18)16-22(23)26-24(28)15-19-7-9-20(17-25)10-8-19/h2-12,16,27H,13-15H2,1H3. The molecule has 0 saturated carbocycles. The zero-order valence-electron chi connectivity index (χ0n) is 17.1. The molecular formula is C24H22N4O2S. The molecule has 0 unspecified atom stereocenters. The first-order valence-corrected chi connectivity index (χ1v) is 11.6. The highest BCUT2D eigenvalue weighted by Crippen LogP contribution is 2.22. The summed E-state index contributed by atoms with van der Waals surface area (Å²) in [7, 11) is -1.53. The van der Waals surface area contributed by atoms with Crippen LogP contribution in [0.5, 0.6) is 0 Å². The summed E-state index contributed by atoms with van der Waals surface area (Å²) in [5, 5.41) is 8.94. The van der Waals surface area contributed by atoms with Gasteiger partial charge in [0, 0.05) is 13.5 Å². The third-order valence-corrected chi connectivity index (χ3v) is 6.48. The van der Waals surface area contributed by atoms with Gasteiger partial charge >= 0.3 is 0 Å². The number of rotatable bonds is 7. The highest BCUT2D eigenvalue weighted by Gasteiger charge is 2.14. The van der Waals surface area contributed by atoms with E-state index in [0.29, 0.717) is 24.1 Å². The summed E-state index contributed by atoms with van der Waals surface area (Å²) in [6.07, 6.45) is 1.08. The fourth-order valence-corrected chi connectivity index (χ4v) is 4.57. The average molecular weight is 431 g/mol. The molecule has 156 valence electrons. The summed E-state index contributed by atoms with van der Waals surface area (Å²) >= 11 is 0. The molecule has 31 heavy (non-hydrogen) atoms. The minimum atomic E-state index is -3.47. The lowest BCUT2D eigenvalue weighted by atomic mass is 10.1. The number of nitriles is 1. The molecule has 1 aromatic heterocycles. The fraction of sp³-hybridized carbons (Fsp3) is 0.167. The smallest absolute Gasteiger partial charge is 0.233 e. The average Bonchev–Trinajstić information content (AvgIpc) is 3.08. The lowest BCUT2D eigenvalue weighted by Gasteiger charge is -2.08. The third-order valence-electron chi connectivity index (χ3n) is 5.19. The molecule has 0 atom stereocenters. The zero-order valence-corrected chi connectivity index (χ0v) is 17.9. The minimum absolute atomic E-state index is 0.0151. The van der Waals surface area contributed by atoms with Crippen molar-refractivity contribution < 1.29 is 8.42 Å². The lowest BCUT2D eigenvalue weighted by Crippen LogP contribution is -2.18. The number of nitrogens with zero attached hydrogens (tertiary/aromatic N) is 3. The third kappa shape index (κ3) is 4.93. The Hall–Kier alpha value is -3.63. The number of benzene rings is 3. The molecule has 1 heterocycles. The summed E-state index contributed by atoms with van der Waals surface area (Å²) in [5.41, 5.74) is 4.83. The molecule has 3 aromatic carbocycles. The molecule has 0 saturated heterocycles.